The molecule has 1 amide bonds. The summed E-state index contributed by atoms with van der Waals surface area (Å²) in [4.78, 5) is 17.1. The third-order valence-electron chi connectivity index (χ3n) is 2.90. The molecule has 0 aliphatic rings. The summed E-state index contributed by atoms with van der Waals surface area (Å²) in [6.45, 7) is 0.437. The third-order valence-corrected chi connectivity index (χ3v) is 2.90. The van der Waals surface area contributed by atoms with Crippen LogP contribution in [0.1, 0.15) is 15.9 Å². The summed E-state index contributed by atoms with van der Waals surface area (Å²) in [6.07, 6.45) is 1.28. The van der Waals surface area contributed by atoms with E-state index in [0.717, 1.165) is 17.4 Å². The number of aromatic nitrogens is 1. The molecule has 5 heteroatoms. The van der Waals surface area contributed by atoms with Gasteiger partial charge in [0.05, 0.1) is 7.11 Å². The van der Waals surface area contributed by atoms with Crippen LogP contribution in [0.25, 0.3) is 0 Å². The van der Waals surface area contributed by atoms with Gasteiger partial charge in [-0.1, -0.05) is 12.1 Å². The number of pyridine rings is 1. The van der Waals surface area contributed by atoms with E-state index in [4.69, 9.17) is 4.74 Å². The maximum absolute atomic E-state index is 13.0. The Bertz CT molecular complexity index is 599. The van der Waals surface area contributed by atoms with Crippen LogP contribution in [0.5, 0.6) is 5.75 Å². The van der Waals surface area contributed by atoms with E-state index in [1.165, 1.54) is 17.2 Å². The molecule has 0 unspecified atom stereocenters. The number of ether oxygens (including phenoxy) is 1. The molecule has 4 nitrogen and oxygen atoms in total. The zero-order valence-corrected chi connectivity index (χ0v) is 11.3. The van der Waals surface area contributed by atoms with E-state index < -0.39 is 5.95 Å². The summed E-state index contributed by atoms with van der Waals surface area (Å²) >= 11 is 0. The van der Waals surface area contributed by atoms with Gasteiger partial charge >= 0.3 is 0 Å². The van der Waals surface area contributed by atoms with Crippen molar-refractivity contribution in [3.05, 3.63) is 59.7 Å². The number of carbonyl (C=O) groups excluding carboxylic acids is 1. The molecule has 0 aliphatic heterocycles. The summed E-state index contributed by atoms with van der Waals surface area (Å²) in [7, 11) is 3.27. The molecule has 0 saturated carbocycles. The first-order chi connectivity index (χ1) is 9.60. The lowest BCUT2D eigenvalue weighted by Crippen LogP contribution is -2.26. The Hall–Kier alpha value is -2.43. The summed E-state index contributed by atoms with van der Waals surface area (Å²) in [5, 5.41) is 0. The second kappa shape index (κ2) is 6.14. The van der Waals surface area contributed by atoms with Crippen LogP contribution in [0.3, 0.4) is 0 Å². The van der Waals surface area contributed by atoms with Gasteiger partial charge in [-0.15, -0.1) is 0 Å². The number of carbonyl (C=O) groups is 1. The Labute approximate surface area is 116 Å². The molecule has 1 heterocycles. The van der Waals surface area contributed by atoms with Crippen LogP contribution >= 0.6 is 0 Å². The fraction of sp³-hybridized carbons (Fsp3) is 0.200. The van der Waals surface area contributed by atoms with Gasteiger partial charge in [-0.25, -0.2) is 4.98 Å². The number of benzene rings is 1. The van der Waals surface area contributed by atoms with Crippen molar-refractivity contribution in [1.82, 2.24) is 9.88 Å². The Morgan fingerprint density at radius 3 is 2.60 bits per heavy atom. The van der Waals surface area contributed by atoms with Crippen molar-refractivity contribution < 1.29 is 13.9 Å². The monoisotopic (exact) mass is 274 g/mol. The van der Waals surface area contributed by atoms with Gasteiger partial charge in [0.15, 0.2) is 0 Å². The zero-order chi connectivity index (χ0) is 14.5. The van der Waals surface area contributed by atoms with Crippen LogP contribution in [-0.2, 0) is 6.54 Å². The molecule has 0 bridgehead atoms. The average molecular weight is 274 g/mol. The molecule has 1 aromatic carbocycles. The van der Waals surface area contributed by atoms with Crippen molar-refractivity contribution in [2.24, 2.45) is 0 Å². The fourth-order valence-corrected chi connectivity index (χ4v) is 1.83. The van der Waals surface area contributed by atoms with E-state index in [1.807, 2.05) is 24.3 Å². The van der Waals surface area contributed by atoms with Gasteiger partial charge in [0.2, 0.25) is 5.95 Å². The average Bonchev–Trinajstić information content (AvgIpc) is 2.47. The number of rotatable bonds is 4. The first kappa shape index (κ1) is 14.0. The fourth-order valence-electron chi connectivity index (χ4n) is 1.83. The van der Waals surface area contributed by atoms with E-state index in [1.54, 1.807) is 14.2 Å². The van der Waals surface area contributed by atoms with Crippen molar-refractivity contribution in [2.75, 3.05) is 14.2 Å². The van der Waals surface area contributed by atoms with E-state index in [2.05, 4.69) is 4.98 Å². The minimum atomic E-state index is -0.659. The molecule has 0 saturated heterocycles. The van der Waals surface area contributed by atoms with Crippen molar-refractivity contribution in [2.45, 2.75) is 6.54 Å². The predicted octanol–water partition coefficient (Wildman–Crippen LogP) is 2.50. The molecule has 2 aromatic rings. The molecule has 0 spiro atoms. The molecule has 0 radical (unpaired) electrons. The smallest absolute Gasteiger partial charge is 0.254 e. The number of methoxy groups -OCH3 is 1. The molecular weight excluding hydrogens is 259 g/mol. The highest BCUT2D eigenvalue weighted by molar-refractivity contribution is 5.93. The quantitative estimate of drug-likeness (QED) is 0.804. The van der Waals surface area contributed by atoms with Gasteiger partial charge in [0, 0.05) is 31.4 Å². The maximum atomic E-state index is 13.0. The summed E-state index contributed by atoms with van der Waals surface area (Å²) < 4.78 is 18.1. The van der Waals surface area contributed by atoms with E-state index in [0.29, 0.717) is 6.54 Å². The van der Waals surface area contributed by atoms with Crippen LogP contribution in [0.2, 0.25) is 0 Å². The number of hydrogen-bond donors (Lipinski definition) is 0. The molecule has 0 aliphatic carbocycles. The van der Waals surface area contributed by atoms with Crippen molar-refractivity contribution >= 4 is 5.91 Å². The van der Waals surface area contributed by atoms with E-state index in [9.17, 15) is 9.18 Å². The topological polar surface area (TPSA) is 42.4 Å². The minimum Gasteiger partial charge on any atom is -0.497 e. The predicted molar refractivity (Wildman–Crippen MR) is 73.0 cm³/mol. The molecule has 0 atom stereocenters. The molecule has 1 aromatic heterocycles. The standard InChI is InChI=1S/C15H15FN2O2/c1-18(10-11-3-5-13(20-2)6-4-11)15(19)12-7-8-17-14(16)9-12/h3-9H,10H2,1-2H3. The first-order valence-corrected chi connectivity index (χ1v) is 6.10. The summed E-state index contributed by atoms with van der Waals surface area (Å²) in [5.41, 5.74) is 1.25. The van der Waals surface area contributed by atoms with Crippen molar-refractivity contribution in [3.8, 4) is 5.75 Å². The van der Waals surface area contributed by atoms with Gasteiger partial charge in [0.25, 0.3) is 5.91 Å². The van der Waals surface area contributed by atoms with E-state index >= 15 is 0 Å². The molecular formula is C15H15FN2O2. The van der Waals surface area contributed by atoms with Gasteiger partial charge in [-0.2, -0.15) is 4.39 Å². The van der Waals surface area contributed by atoms with Gasteiger partial charge in [-0.3, -0.25) is 4.79 Å². The largest absolute Gasteiger partial charge is 0.497 e. The number of hydrogen-bond acceptors (Lipinski definition) is 3. The molecule has 0 N–H and O–H groups in total. The highest BCUT2D eigenvalue weighted by atomic mass is 19.1. The SMILES string of the molecule is COc1ccc(CN(C)C(=O)c2ccnc(F)c2)cc1. The zero-order valence-electron chi connectivity index (χ0n) is 11.3. The molecule has 0 fully saturated rings. The first-order valence-electron chi connectivity index (χ1n) is 6.10. The van der Waals surface area contributed by atoms with Crippen LogP contribution in [0.4, 0.5) is 4.39 Å². The lowest BCUT2D eigenvalue weighted by Gasteiger charge is -2.17. The summed E-state index contributed by atoms with van der Waals surface area (Å²) in [6, 6.07) is 10.1. The normalized spacial score (nSPS) is 10.2. The molecule has 104 valence electrons. The minimum absolute atomic E-state index is 0.248. The lowest BCUT2D eigenvalue weighted by molar-refractivity contribution is 0.0784. The van der Waals surface area contributed by atoms with Gasteiger partial charge in [0.1, 0.15) is 5.75 Å². The highest BCUT2D eigenvalue weighted by Gasteiger charge is 2.13. The van der Waals surface area contributed by atoms with Crippen molar-refractivity contribution in [1.29, 1.82) is 0 Å². The van der Waals surface area contributed by atoms with E-state index in [-0.39, 0.29) is 11.5 Å². The Morgan fingerprint density at radius 1 is 1.30 bits per heavy atom. The second-order valence-electron chi connectivity index (χ2n) is 4.38. The van der Waals surface area contributed by atoms with Gasteiger partial charge < -0.3 is 9.64 Å². The van der Waals surface area contributed by atoms with Gasteiger partial charge in [-0.05, 0) is 23.8 Å². The van der Waals surface area contributed by atoms with Crippen LogP contribution in [0, 0.1) is 5.95 Å². The number of nitrogens with zero attached hydrogens (tertiary/aromatic N) is 2. The molecule has 20 heavy (non-hydrogen) atoms. The maximum Gasteiger partial charge on any atom is 0.254 e. The summed E-state index contributed by atoms with van der Waals surface area (Å²) in [5.74, 6) is -0.144. The van der Waals surface area contributed by atoms with Crippen LogP contribution < -0.4 is 4.74 Å². The Kier molecular flexibility index (Phi) is 4.30. The second-order valence-corrected chi connectivity index (χ2v) is 4.38. The number of amides is 1. The number of halogens is 1. The Morgan fingerprint density at radius 2 is 2.00 bits per heavy atom. The third kappa shape index (κ3) is 3.32. The van der Waals surface area contributed by atoms with Crippen LogP contribution in [-0.4, -0.2) is 29.9 Å². The molecule has 2 rings (SSSR count). The lowest BCUT2D eigenvalue weighted by atomic mass is 10.2. The Balaban J connectivity index is 2.07. The van der Waals surface area contributed by atoms with Crippen molar-refractivity contribution in [3.63, 3.8) is 0 Å². The van der Waals surface area contributed by atoms with Crippen LogP contribution in [0.15, 0.2) is 42.6 Å². The highest BCUT2D eigenvalue weighted by Crippen LogP contribution is 2.13.